The maximum Gasteiger partial charge on any atom is 0.377 e. The van der Waals surface area contributed by atoms with Gasteiger partial charge in [-0.1, -0.05) is 18.2 Å². The number of para-hydroxylation sites is 1. The average molecular weight is 383 g/mol. The average Bonchev–Trinajstić information content (AvgIpc) is 3.43. The van der Waals surface area contributed by atoms with E-state index in [1.807, 2.05) is 25.1 Å². The Morgan fingerprint density at radius 1 is 1.21 bits per heavy atom. The molecule has 1 aromatic heterocycles. The van der Waals surface area contributed by atoms with Gasteiger partial charge in [-0.3, -0.25) is 4.90 Å². The molecule has 0 radical (unpaired) electrons. The highest BCUT2D eigenvalue weighted by molar-refractivity contribution is 5.94. The molecule has 9 heteroatoms. The largest absolute Gasteiger partial charge is 0.494 e. The third-order valence-electron chi connectivity index (χ3n) is 4.54. The van der Waals surface area contributed by atoms with Crippen molar-refractivity contribution in [2.24, 2.45) is 0 Å². The molecule has 0 bridgehead atoms. The second-order valence-electron chi connectivity index (χ2n) is 6.60. The summed E-state index contributed by atoms with van der Waals surface area (Å²) in [5.41, 5.74) is 0.606. The van der Waals surface area contributed by atoms with Crippen LogP contribution in [-0.4, -0.2) is 39.0 Å². The summed E-state index contributed by atoms with van der Waals surface area (Å²) in [5, 5.41) is 7.39. The number of aromatic nitrogens is 4. The summed E-state index contributed by atoms with van der Waals surface area (Å²) in [6, 6.07) is 10.9. The van der Waals surface area contributed by atoms with Crippen molar-refractivity contribution < 1.29 is 13.9 Å². The van der Waals surface area contributed by atoms with Crippen LogP contribution in [0.25, 0.3) is 5.69 Å². The Kier molecular flexibility index (Phi) is 4.42. The van der Waals surface area contributed by atoms with Gasteiger partial charge in [0.1, 0.15) is 11.4 Å². The molecule has 1 saturated carbocycles. The van der Waals surface area contributed by atoms with E-state index in [1.165, 1.54) is 30.2 Å². The summed E-state index contributed by atoms with van der Waals surface area (Å²) in [5.74, 6) is -0.599. The molecule has 28 heavy (non-hydrogen) atoms. The van der Waals surface area contributed by atoms with Crippen molar-refractivity contribution in [1.29, 1.82) is 0 Å². The van der Waals surface area contributed by atoms with Gasteiger partial charge in [-0.05, 0) is 60.0 Å². The van der Waals surface area contributed by atoms with Gasteiger partial charge in [-0.25, -0.2) is 14.0 Å². The number of halogens is 1. The van der Waals surface area contributed by atoms with E-state index in [1.54, 1.807) is 6.07 Å². The van der Waals surface area contributed by atoms with Crippen LogP contribution < -0.4 is 15.3 Å². The number of anilines is 1. The number of benzene rings is 2. The first-order chi connectivity index (χ1) is 13.5. The molecule has 1 heterocycles. The highest BCUT2D eigenvalue weighted by atomic mass is 19.1. The van der Waals surface area contributed by atoms with Crippen LogP contribution in [0.3, 0.4) is 0 Å². The Labute approximate surface area is 159 Å². The van der Waals surface area contributed by atoms with Gasteiger partial charge in [0.15, 0.2) is 5.82 Å². The van der Waals surface area contributed by atoms with Crippen molar-refractivity contribution >= 4 is 11.7 Å². The van der Waals surface area contributed by atoms with Crippen LogP contribution in [0.5, 0.6) is 5.75 Å². The first kappa shape index (κ1) is 17.9. The van der Waals surface area contributed by atoms with Gasteiger partial charge in [0.2, 0.25) is 0 Å². The van der Waals surface area contributed by atoms with Gasteiger partial charge in [-0.15, -0.1) is 4.68 Å². The number of methoxy groups -OCH3 is 1. The van der Waals surface area contributed by atoms with Crippen molar-refractivity contribution in [2.45, 2.75) is 25.8 Å². The molecule has 0 aliphatic heterocycles. The Hall–Kier alpha value is -3.49. The molecule has 2 aromatic carbocycles. The number of rotatable bonds is 4. The topological polar surface area (TPSA) is 82.2 Å². The van der Waals surface area contributed by atoms with Crippen LogP contribution in [0.1, 0.15) is 18.4 Å². The summed E-state index contributed by atoms with van der Waals surface area (Å²) < 4.78 is 20.8. The van der Waals surface area contributed by atoms with Crippen LogP contribution >= 0.6 is 0 Å². The molecular formula is C19H18FN5O3. The van der Waals surface area contributed by atoms with E-state index >= 15 is 0 Å². The molecule has 0 saturated heterocycles. The SMILES string of the molecule is COc1cccc(F)c1-n1nnn(C(=O)N(c2cccc(C)c2)C2CC2)c1=O. The zero-order valence-corrected chi connectivity index (χ0v) is 15.4. The maximum absolute atomic E-state index is 14.3. The van der Waals surface area contributed by atoms with E-state index in [2.05, 4.69) is 10.4 Å². The highest BCUT2D eigenvalue weighted by Crippen LogP contribution is 2.32. The van der Waals surface area contributed by atoms with Gasteiger partial charge in [0, 0.05) is 11.7 Å². The minimum atomic E-state index is -0.869. The van der Waals surface area contributed by atoms with Gasteiger partial charge in [0.05, 0.1) is 7.11 Å². The molecule has 0 unspecified atom stereocenters. The molecule has 144 valence electrons. The van der Waals surface area contributed by atoms with E-state index in [-0.39, 0.29) is 17.5 Å². The monoisotopic (exact) mass is 383 g/mol. The summed E-state index contributed by atoms with van der Waals surface area (Å²) in [4.78, 5) is 27.4. The minimum absolute atomic E-state index is 0.00523. The van der Waals surface area contributed by atoms with Crippen LogP contribution in [0, 0.1) is 12.7 Å². The van der Waals surface area contributed by atoms with Crippen LogP contribution in [0.15, 0.2) is 47.3 Å². The lowest BCUT2D eigenvalue weighted by atomic mass is 10.2. The normalized spacial score (nSPS) is 13.4. The van der Waals surface area contributed by atoms with Crippen LogP contribution in [-0.2, 0) is 0 Å². The number of carbonyl (C=O) groups is 1. The quantitative estimate of drug-likeness (QED) is 0.647. The number of carbonyl (C=O) groups excluding carboxylic acids is 1. The van der Waals surface area contributed by atoms with Gasteiger partial charge in [-0.2, -0.15) is 4.68 Å². The fraction of sp³-hybridized carbons (Fsp3) is 0.263. The Morgan fingerprint density at radius 2 is 1.96 bits per heavy atom. The van der Waals surface area contributed by atoms with Crippen molar-refractivity contribution in [3.63, 3.8) is 0 Å². The Morgan fingerprint density at radius 3 is 2.64 bits per heavy atom. The number of hydrogen-bond acceptors (Lipinski definition) is 5. The van der Waals surface area contributed by atoms with E-state index in [0.29, 0.717) is 10.4 Å². The lowest BCUT2D eigenvalue weighted by molar-refractivity contribution is 0.243. The van der Waals surface area contributed by atoms with Gasteiger partial charge < -0.3 is 4.74 Å². The van der Waals surface area contributed by atoms with E-state index < -0.39 is 17.5 Å². The molecule has 8 nitrogen and oxygen atoms in total. The predicted octanol–water partition coefficient (Wildman–Crippen LogP) is 2.52. The number of nitrogens with zero attached hydrogens (tertiary/aromatic N) is 5. The maximum atomic E-state index is 14.3. The third kappa shape index (κ3) is 3.04. The first-order valence-electron chi connectivity index (χ1n) is 8.79. The molecule has 0 N–H and O–H groups in total. The lowest BCUT2D eigenvalue weighted by Gasteiger charge is -2.21. The smallest absolute Gasteiger partial charge is 0.377 e. The predicted molar refractivity (Wildman–Crippen MR) is 99.6 cm³/mol. The zero-order chi connectivity index (χ0) is 19.8. The highest BCUT2D eigenvalue weighted by Gasteiger charge is 2.36. The number of tetrazole rings is 1. The second kappa shape index (κ2) is 6.91. The van der Waals surface area contributed by atoms with E-state index in [9.17, 15) is 14.0 Å². The lowest BCUT2D eigenvalue weighted by Crippen LogP contribution is -2.42. The zero-order valence-electron chi connectivity index (χ0n) is 15.4. The molecule has 1 fully saturated rings. The minimum Gasteiger partial charge on any atom is -0.494 e. The number of hydrogen-bond donors (Lipinski definition) is 0. The molecule has 1 amide bonds. The summed E-state index contributed by atoms with van der Waals surface area (Å²) in [7, 11) is 1.35. The molecular weight excluding hydrogens is 365 g/mol. The van der Waals surface area contributed by atoms with E-state index in [4.69, 9.17) is 4.74 Å². The molecule has 0 atom stereocenters. The summed E-state index contributed by atoms with van der Waals surface area (Å²) in [6.07, 6.45) is 1.67. The van der Waals surface area contributed by atoms with Crippen molar-refractivity contribution in [2.75, 3.05) is 12.0 Å². The Bertz CT molecular complexity index is 1100. The van der Waals surface area contributed by atoms with Gasteiger partial charge in [0.25, 0.3) is 0 Å². The molecule has 3 aromatic rings. The molecule has 1 aliphatic rings. The number of amides is 1. The van der Waals surface area contributed by atoms with Crippen molar-refractivity contribution in [3.8, 4) is 11.4 Å². The standard InChI is InChI=1S/C19H18FN5O3/c1-12-5-3-6-14(11-12)23(13-9-10-13)18(26)25-19(27)24(21-22-25)17-15(20)7-4-8-16(17)28-2/h3-8,11,13H,9-10H2,1-2H3. The van der Waals surface area contributed by atoms with Gasteiger partial charge >= 0.3 is 11.7 Å². The third-order valence-corrected chi connectivity index (χ3v) is 4.54. The molecule has 0 spiro atoms. The van der Waals surface area contributed by atoms with E-state index in [0.717, 1.165) is 23.1 Å². The number of ether oxygens (including phenoxy) is 1. The van der Waals surface area contributed by atoms with Crippen molar-refractivity contribution in [1.82, 2.24) is 19.8 Å². The fourth-order valence-corrected chi connectivity index (χ4v) is 3.06. The molecule has 4 rings (SSSR count). The summed E-state index contributed by atoms with van der Waals surface area (Å²) >= 11 is 0. The van der Waals surface area contributed by atoms with Crippen LogP contribution in [0.4, 0.5) is 14.9 Å². The first-order valence-corrected chi connectivity index (χ1v) is 8.79. The second-order valence-corrected chi connectivity index (χ2v) is 6.60. The number of aryl methyl sites for hydroxylation is 1. The fourth-order valence-electron chi connectivity index (χ4n) is 3.06. The van der Waals surface area contributed by atoms with Crippen molar-refractivity contribution in [3.05, 3.63) is 64.3 Å². The summed E-state index contributed by atoms with van der Waals surface area (Å²) in [6.45, 7) is 1.92. The molecule has 1 aliphatic carbocycles. The Balaban J connectivity index is 1.77. The van der Waals surface area contributed by atoms with Crippen LogP contribution in [0.2, 0.25) is 0 Å².